The van der Waals surface area contributed by atoms with Gasteiger partial charge in [-0.2, -0.15) is 0 Å². The van der Waals surface area contributed by atoms with Crippen LogP contribution in [0.5, 0.6) is 0 Å². The van der Waals surface area contributed by atoms with Gasteiger partial charge in [-0.15, -0.1) is 0 Å². The Morgan fingerprint density at radius 1 is 1.00 bits per heavy atom. The molecule has 0 bridgehead atoms. The molecule has 0 aromatic carbocycles. The van der Waals surface area contributed by atoms with Gasteiger partial charge in [-0.05, 0) is 46.1 Å². The van der Waals surface area contributed by atoms with Gasteiger partial charge in [-0.1, -0.05) is 19.3 Å². The van der Waals surface area contributed by atoms with Crippen LogP contribution in [0.4, 0.5) is 0 Å². The predicted molar refractivity (Wildman–Crippen MR) is 64.9 cm³/mol. The van der Waals surface area contributed by atoms with Gasteiger partial charge in [0.25, 0.3) is 0 Å². The van der Waals surface area contributed by atoms with Gasteiger partial charge in [0, 0.05) is 17.6 Å². The number of hydrogen-bond donors (Lipinski definition) is 1. The van der Waals surface area contributed by atoms with E-state index in [0.717, 1.165) is 6.04 Å². The third-order valence-corrected chi connectivity index (χ3v) is 4.58. The molecule has 0 aromatic heterocycles. The molecular weight excluding hydrogens is 184 g/mol. The molecule has 2 fully saturated rings. The van der Waals surface area contributed by atoms with Crippen molar-refractivity contribution in [1.82, 2.24) is 4.90 Å². The predicted octanol–water partition coefficient (Wildman–Crippen LogP) is 2.52. The summed E-state index contributed by atoms with van der Waals surface area (Å²) in [5.74, 6) is 0. The van der Waals surface area contributed by atoms with Gasteiger partial charge >= 0.3 is 0 Å². The number of nitrogens with zero attached hydrogens (tertiary/aromatic N) is 1. The van der Waals surface area contributed by atoms with E-state index < -0.39 is 0 Å². The second kappa shape index (κ2) is 4.42. The van der Waals surface area contributed by atoms with E-state index in [9.17, 15) is 0 Å². The normalized spacial score (nSPS) is 34.2. The summed E-state index contributed by atoms with van der Waals surface area (Å²) < 4.78 is 0. The second-order valence-electron chi connectivity index (χ2n) is 5.89. The lowest BCUT2D eigenvalue weighted by Gasteiger charge is -2.51. The lowest BCUT2D eigenvalue weighted by atomic mass is 9.81. The van der Waals surface area contributed by atoms with E-state index in [1.807, 2.05) is 0 Å². The fourth-order valence-electron chi connectivity index (χ4n) is 3.38. The number of nitrogens with two attached hydrogens (primary N) is 1. The zero-order valence-electron chi connectivity index (χ0n) is 10.3. The highest BCUT2D eigenvalue weighted by Gasteiger charge is 2.39. The third kappa shape index (κ3) is 2.21. The van der Waals surface area contributed by atoms with Crippen molar-refractivity contribution < 1.29 is 0 Å². The molecule has 15 heavy (non-hydrogen) atoms. The Labute approximate surface area is 94.2 Å². The van der Waals surface area contributed by atoms with E-state index in [4.69, 9.17) is 5.73 Å². The summed E-state index contributed by atoms with van der Waals surface area (Å²) in [6.45, 7) is 5.95. The highest BCUT2D eigenvalue weighted by atomic mass is 15.2. The molecule has 1 unspecified atom stereocenters. The highest BCUT2D eigenvalue weighted by molar-refractivity contribution is 4.98. The van der Waals surface area contributed by atoms with E-state index in [2.05, 4.69) is 18.7 Å². The van der Waals surface area contributed by atoms with Gasteiger partial charge in [-0.25, -0.2) is 0 Å². The molecule has 0 amide bonds. The van der Waals surface area contributed by atoms with E-state index >= 15 is 0 Å². The molecule has 2 nitrogen and oxygen atoms in total. The number of hydrogen-bond acceptors (Lipinski definition) is 2. The van der Waals surface area contributed by atoms with Crippen LogP contribution in [-0.2, 0) is 0 Å². The monoisotopic (exact) mass is 210 g/mol. The van der Waals surface area contributed by atoms with Gasteiger partial charge in [0.1, 0.15) is 0 Å². The zero-order valence-corrected chi connectivity index (χ0v) is 10.3. The van der Waals surface area contributed by atoms with Crippen molar-refractivity contribution in [2.45, 2.75) is 76.4 Å². The van der Waals surface area contributed by atoms with Crippen LogP contribution < -0.4 is 5.73 Å². The number of piperidine rings is 1. The Balaban J connectivity index is 2.05. The fourth-order valence-corrected chi connectivity index (χ4v) is 3.38. The van der Waals surface area contributed by atoms with E-state index in [0.29, 0.717) is 6.04 Å². The van der Waals surface area contributed by atoms with Gasteiger partial charge < -0.3 is 5.73 Å². The first-order valence-electron chi connectivity index (χ1n) is 6.64. The zero-order chi connectivity index (χ0) is 10.9. The molecule has 0 aromatic rings. The molecular formula is C13H26N2. The first-order valence-corrected chi connectivity index (χ1v) is 6.64. The first-order chi connectivity index (χ1) is 7.12. The lowest BCUT2D eigenvalue weighted by Crippen LogP contribution is -2.62. The Hall–Kier alpha value is -0.0800. The van der Waals surface area contributed by atoms with Crippen molar-refractivity contribution >= 4 is 0 Å². The maximum atomic E-state index is 6.27. The van der Waals surface area contributed by atoms with Crippen LogP contribution in [0, 0.1) is 0 Å². The summed E-state index contributed by atoms with van der Waals surface area (Å²) in [5, 5.41) is 0. The smallest absolute Gasteiger partial charge is 0.0307 e. The molecule has 2 aliphatic rings. The van der Waals surface area contributed by atoms with Crippen molar-refractivity contribution in [3.05, 3.63) is 0 Å². The maximum Gasteiger partial charge on any atom is 0.0307 e. The Morgan fingerprint density at radius 2 is 1.67 bits per heavy atom. The average Bonchev–Trinajstić information content (AvgIpc) is 2.23. The summed E-state index contributed by atoms with van der Waals surface area (Å²) in [4.78, 5) is 2.71. The largest absolute Gasteiger partial charge is 0.326 e. The second-order valence-corrected chi connectivity index (χ2v) is 5.89. The molecule has 0 radical (unpaired) electrons. The van der Waals surface area contributed by atoms with Crippen molar-refractivity contribution in [2.24, 2.45) is 5.73 Å². The standard InChI is InChI=1S/C13H26N2/c1-13(2)12(14)9-6-10-15(13)11-7-4-3-5-8-11/h11-12H,3-10,14H2,1-2H3. The van der Waals surface area contributed by atoms with E-state index in [1.54, 1.807) is 0 Å². The summed E-state index contributed by atoms with van der Waals surface area (Å²) in [5.41, 5.74) is 6.49. The molecule has 1 aliphatic heterocycles. The summed E-state index contributed by atoms with van der Waals surface area (Å²) >= 11 is 0. The molecule has 88 valence electrons. The summed E-state index contributed by atoms with van der Waals surface area (Å²) in [6, 6.07) is 1.19. The molecule has 0 spiro atoms. The number of rotatable bonds is 1. The fraction of sp³-hybridized carbons (Fsp3) is 1.00. The van der Waals surface area contributed by atoms with Gasteiger partial charge in [-0.3, -0.25) is 4.90 Å². The Kier molecular flexibility index (Phi) is 3.36. The van der Waals surface area contributed by atoms with Crippen LogP contribution >= 0.6 is 0 Å². The lowest BCUT2D eigenvalue weighted by molar-refractivity contribution is 0.00386. The highest BCUT2D eigenvalue weighted by Crippen LogP contribution is 2.33. The minimum Gasteiger partial charge on any atom is -0.326 e. The quantitative estimate of drug-likeness (QED) is 0.720. The van der Waals surface area contributed by atoms with Crippen LogP contribution in [0.2, 0.25) is 0 Å². The van der Waals surface area contributed by atoms with E-state index in [-0.39, 0.29) is 5.54 Å². The maximum absolute atomic E-state index is 6.27. The molecule has 1 aliphatic carbocycles. The van der Waals surface area contributed by atoms with Gasteiger partial charge in [0.2, 0.25) is 0 Å². The summed E-state index contributed by atoms with van der Waals surface area (Å²) in [6.07, 6.45) is 9.58. The van der Waals surface area contributed by atoms with Crippen LogP contribution in [0.25, 0.3) is 0 Å². The van der Waals surface area contributed by atoms with Crippen molar-refractivity contribution in [1.29, 1.82) is 0 Å². The molecule has 1 atom stereocenters. The molecule has 2 heteroatoms. The van der Waals surface area contributed by atoms with Crippen LogP contribution in [0.1, 0.15) is 58.8 Å². The van der Waals surface area contributed by atoms with Crippen LogP contribution in [-0.4, -0.2) is 29.1 Å². The van der Waals surface area contributed by atoms with Crippen LogP contribution in [0.3, 0.4) is 0 Å². The summed E-state index contributed by atoms with van der Waals surface area (Å²) in [7, 11) is 0. The minimum atomic E-state index is 0.222. The minimum absolute atomic E-state index is 0.222. The Bertz CT molecular complexity index is 207. The van der Waals surface area contributed by atoms with Gasteiger partial charge in [0.05, 0.1) is 0 Å². The molecule has 1 saturated heterocycles. The van der Waals surface area contributed by atoms with Crippen LogP contribution in [0.15, 0.2) is 0 Å². The van der Waals surface area contributed by atoms with Crippen molar-refractivity contribution in [3.8, 4) is 0 Å². The Morgan fingerprint density at radius 3 is 2.33 bits per heavy atom. The molecule has 2 N–H and O–H groups in total. The van der Waals surface area contributed by atoms with Crippen molar-refractivity contribution in [3.63, 3.8) is 0 Å². The molecule has 2 rings (SSSR count). The molecule has 1 heterocycles. The first kappa shape index (κ1) is 11.4. The topological polar surface area (TPSA) is 29.3 Å². The average molecular weight is 210 g/mol. The molecule has 1 saturated carbocycles. The van der Waals surface area contributed by atoms with Crippen molar-refractivity contribution in [2.75, 3.05) is 6.54 Å². The van der Waals surface area contributed by atoms with E-state index in [1.165, 1.54) is 51.5 Å². The number of likely N-dealkylation sites (tertiary alicyclic amines) is 1. The van der Waals surface area contributed by atoms with Gasteiger partial charge in [0.15, 0.2) is 0 Å². The SMILES string of the molecule is CC1(C)C(N)CCCN1C1CCCCC1. The third-order valence-electron chi connectivity index (χ3n) is 4.58.